The first-order chi connectivity index (χ1) is 13.1. The number of hydrogen-bond donors (Lipinski definition) is 0. The summed E-state index contributed by atoms with van der Waals surface area (Å²) >= 11 is 1.14. The van der Waals surface area contributed by atoms with Gasteiger partial charge < -0.3 is 9.84 Å². The van der Waals surface area contributed by atoms with Crippen molar-refractivity contribution in [2.45, 2.75) is 36.4 Å². The van der Waals surface area contributed by atoms with Crippen LogP contribution in [0.25, 0.3) is 0 Å². The smallest absolute Gasteiger partial charge is 0.419 e. The van der Waals surface area contributed by atoms with Crippen molar-refractivity contribution >= 4 is 23.6 Å². The van der Waals surface area contributed by atoms with E-state index in [1.807, 2.05) is 0 Å². The summed E-state index contributed by atoms with van der Waals surface area (Å²) in [6, 6.07) is 5.55. The van der Waals surface area contributed by atoms with Crippen molar-refractivity contribution in [3.05, 3.63) is 41.5 Å². The molecular weight excluding hydrogens is 402 g/mol. The lowest BCUT2D eigenvalue weighted by Gasteiger charge is -2.14. The van der Waals surface area contributed by atoms with E-state index >= 15 is 0 Å². The summed E-state index contributed by atoms with van der Waals surface area (Å²) in [5, 5.41) is 14.9. The largest absolute Gasteiger partial charge is 0.856 e. The topological polar surface area (TPSA) is 79.5 Å². The number of aromatic nitrogens is 2. The summed E-state index contributed by atoms with van der Waals surface area (Å²) in [6.45, 7) is 2.76. The van der Waals surface area contributed by atoms with Gasteiger partial charge in [0.05, 0.1) is 36.2 Å². The molecule has 152 valence electrons. The molecule has 1 aromatic heterocycles. The number of rotatable bonds is 7. The standard InChI is InChI=1S/C17H17F4N3O3S/c1-3-27-15(25)13-14(28-12-6-4-11(18)5-7-12)10(2)24(23-13)9-8-22-16(26)17(19,20)21/h4-7H,3,8-9H2,1-2H3,(H,22,26)/p-1. The predicted molar refractivity (Wildman–Crippen MR) is 91.8 cm³/mol. The van der Waals surface area contributed by atoms with E-state index in [1.165, 1.54) is 28.9 Å². The van der Waals surface area contributed by atoms with E-state index < -0.39 is 30.4 Å². The highest BCUT2D eigenvalue weighted by Crippen LogP contribution is 2.33. The minimum Gasteiger partial charge on any atom is -0.856 e. The number of hydrogen-bond acceptors (Lipinski definition) is 6. The lowest BCUT2D eigenvalue weighted by atomic mass is 10.3. The zero-order valence-electron chi connectivity index (χ0n) is 14.9. The van der Waals surface area contributed by atoms with Crippen molar-refractivity contribution in [3.8, 4) is 0 Å². The third-order valence-electron chi connectivity index (χ3n) is 3.46. The Morgan fingerprint density at radius 3 is 2.54 bits per heavy atom. The maximum absolute atomic E-state index is 13.1. The molecule has 0 saturated heterocycles. The zero-order valence-corrected chi connectivity index (χ0v) is 15.7. The summed E-state index contributed by atoms with van der Waals surface area (Å²) in [7, 11) is 0. The van der Waals surface area contributed by atoms with Gasteiger partial charge in [0.2, 0.25) is 0 Å². The van der Waals surface area contributed by atoms with Crippen molar-refractivity contribution in [2.75, 3.05) is 13.2 Å². The first-order valence-electron chi connectivity index (χ1n) is 8.10. The molecule has 0 aliphatic carbocycles. The molecule has 1 heterocycles. The van der Waals surface area contributed by atoms with E-state index in [-0.39, 0.29) is 18.8 Å². The van der Waals surface area contributed by atoms with Crippen LogP contribution in [0.15, 0.2) is 39.0 Å². The van der Waals surface area contributed by atoms with Crippen LogP contribution in [-0.4, -0.2) is 41.0 Å². The minimum atomic E-state index is -5.03. The van der Waals surface area contributed by atoms with Gasteiger partial charge in [-0.1, -0.05) is 11.8 Å². The Bertz CT molecular complexity index is 864. The van der Waals surface area contributed by atoms with E-state index in [1.54, 1.807) is 13.8 Å². The molecule has 28 heavy (non-hydrogen) atoms. The monoisotopic (exact) mass is 418 g/mol. The molecule has 6 nitrogen and oxygen atoms in total. The van der Waals surface area contributed by atoms with Gasteiger partial charge in [-0.2, -0.15) is 18.3 Å². The number of nitrogens with zero attached hydrogens (tertiary/aromatic N) is 3. The summed E-state index contributed by atoms with van der Waals surface area (Å²) in [5.41, 5.74) is 0.461. The van der Waals surface area contributed by atoms with Crippen molar-refractivity contribution in [3.63, 3.8) is 0 Å². The first kappa shape index (κ1) is 21.7. The number of carbonyl (C=O) groups excluding carboxylic acids is 1. The quantitative estimate of drug-likeness (QED) is 0.299. The van der Waals surface area contributed by atoms with Gasteiger partial charge in [-0.05, 0) is 38.1 Å². The Morgan fingerprint density at radius 1 is 1.32 bits per heavy atom. The zero-order chi connectivity index (χ0) is 20.9. The highest BCUT2D eigenvalue weighted by Gasteiger charge is 2.28. The third kappa shape index (κ3) is 5.47. The fraction of sp³-hybridized carbons (Fsp3) is 0.353. The van der Waals surface area contributed by atoms with Crippen molar-refractivity contribution in [1.82, 2.24) is 9.78 Å². The van der Waals surface area contributed by atoms with Gasteiger partial charge in [0.25, 0.3) is 0 Å². The van der Waals surface area contributed by atoms with Crippen LogP contribution in [0, 0.1) is 12.7 Å². The van der Waals surface area contributed by atoms with Crippen molar-refractivity contribution in [2.24, 2.45) is 4.99 Å². The maximum atomic E-state index is 13.1. The summed E-state index contributed by atoms with van der Waals surface area (Å²) in [4.78, 5) is 16.2. The van der Waals surface area contributed by atoms with Gasteiger partial charge in [-0.15, -0.1) is 0 Å². The fourth-order valence-electron chi connectivity index (χ4n) is 2.16. The molecule has 0 fully saturated rings. The van der Waals surface area contributed by atoms with Crippen LogP contribution < -0.4 is 5.11 Å². The number of halogens is 4. The maximum Gasteiger partial charge on any atom is 0.419 e. The summed E-state index contributed by atoms with van der Waals surface area (Å²) < 4.78 is 56.0. The van der Waals surface area contributed by atoms with E-state index in [0.29, 0.717) is 15.5 Å². The molecule has 1 aromatic carbocycles. The van der Waals surface area contributed by atoms with Crippen LogP contribution in [0.3, 0.4) is 0 Å². The molecular formula is C17H16F4N3O3S-. The molecule has 0 spiro atoms. The van der Waals surface area contributed by atoms with Crippen molar-refractivity contribution < 1.29 is 32.2 Å². The lowest BCUT2D eigenvalue weighted by Crippen LogP contribution is -2.35. The van der Waals surface area contributed by atoms with E-state index in [0.717, 1.165) is 11.8 Å². The second-order valence-electron chi connectivity index (χ2n) is 5.45. The highest BCUT2D eigenvalue weighted by molar-refractivity contribution is 7.99. The molecule has 0 atom stereocenters. The lowest BCUT2D eigenvalue weighted by molar-refractivity contribution is -0.262. The third-order valence-corrected chi connectivity index (χ3v) is 4.66. The number of esters is 1. The summed E-state index contributed by atoms with van der Waals surface area (Å²) in [6.07, 6.45) is -5.03. The van der Waals surface area contributed by atoms with Crippen LogP contribution >= 0.6 is 11.8 Å². The Hall–Kier alpha value is -2.56. The highest BCUT2D eigenvalue weighted by atomic mass is 32.2. The van der Waals surface area contributed by atoms with Crippen LogP contribution in [0.5, 0.6) is 0 Å². The van der Waals surface area contributed by atoms with Gasteiger partial charge in [-0.3, -0.25) is 9.67 Å². The molecule has 0 saturated carbocycles. The van der Waals surface area contributed by atoms with Gasteiger partial charge in [0.15, 0.2) is 5.69 Å². The van der Waals surface area contributed by atoms with E-state index in [4.69, 9.17) is 4.74 Å². The average molecular weight is 418 g/mol. The Kier molecular flexibility index (Phi) is 7.05. The van der Waals surface area contributed by atoms with E-state index in [2.05, 4.69) is 10.1 Å². The molecule has 0 aliphatic rings. The minimum absolute atomic E-state index is 0.0178. The molecule has 11 heteroatoms. The van der Waals surface area contributed by atoms with Gasteiger partial charge in [-0.25, -0.2) is 9.18 Å². The second-order valence-corrected chi connectivity index (χ2v) is 6.53. The molecule has 0 N–H and O–H groups in total. The van der Waals surface area contributed by atoms with Gasteiger partial charge in [0, 0.05) is 4.90 Å². The number of aliphatic imine (C=N–C) groups is 1. The van der Waals surface area contributed by atoms with Gasteiger partial charge >= 0.3 is 12.1 Å². The molecule has 0 amide bonds. The number of ether oxygens (including phenoxy) is 1. The van der Waals surface area contributed by atoms with Crippen LogP contribution in [0.1, 0.15) is 23.1 Å². The Morgan fingerprint density at radius 2 is 1.96 bits per heavy atom. The molecule has 0 bridgehead atoms. The molecule has 0 aliphatic heterocycles. The number of benzene rings is 1. The number of carbonyl (C=O) groups is 1. The predicted octanol–water partition coefficient (Wildman–Crippen LogP) is 2.98. The number of alkyl halides is 3. The molecule has 0 radical (unpaired) electrons. The Labute approximate surface area is 162 Å². The first-order valence-corrected chi connectivity index (χ1v) is 8.91. The van der Waals surface area contributed by atoms with E-state index in [9.17, 15) is 27.5 Å². The SMILES string of the molecule is CCOC(=O)c1nn(CCN=C([O-])C(F)(F)F)c(C)c1Sc1ccc(F)cc1. The average Bonchev–Trinajstić information content (AvgIpc) is 2.92. The van der Waals surface area contributed by atoms with Crippen molar-refractivity contribution in [1.29, 1.82) is 0 Å². The fourth-order valence-corrected chi connectivity index (χ4v) is 3.14. The molecule has 0 unspecified atom stereocenters. The van der Waals surface area contributed by atoms with Crippen LogP contribution in [-0.2, 0) is 11.3 Å². The second kappa shape index (κ2) is 9.09. The Balaban J connectivity index is 2.29. The molecule has 2 aromatic rings. The summed E-state index contributed by atoms with van der Waals surface area (Å²) in [5.74, 6) is -3.29. The van der Waals surface area contributed by atoms with Gasteiger partial charge in [0.1, 0.15) is 5.82 Å². The van der Waals surface area contributed by atoms with Crippen LogP contribution in [0.2, 0.25) is 0 Å². The normalized spacial score (nSPS) is 12.3. The molecule has 2 rings (SSSR count). The van der Waals surface area contributed by atoms with Crippen LogP contribution in [0.4, 0.5) is 17.6 Å².